The molecule has 7 rings (SSSR count). The standard InChI is InChI=1S/C30H27F2N3O3/c1-3-4-24-20(18-7-10-23(32)21(11-18)27(36)35-30-13-16(14-30)15-30)12-22-25(28(37)33-2)26(38-29(22)34-24)17-5-8-19(31)9-6-17/h5-12,16H,3-4,13-15H2,1-2H3,(H,33,37)(H,35,36). The third kappa shape index (κ3) is 3.95. The molecule has 2 amide bonds. The number of carbonyl (C=O) groups is 2. The lowest BCUT2D eigenvalue weighted by molar-refractivity contribution is -0.0439. The van der Waals surface area contributed by atoms with Crippen molar-refractivity contribution in [3.63, 3.8) is 0 Å². The van der Waals surface area contributed by atoms with Crippen LogP contribution >= 0.6 is 0 Å². The smallest absolute Gasteiger partial charge is 0.255 e. The number of halogens is 2. The van der Waals surface area contributed by atoms with E-state index in [1.807, 2.05) is 13.0 Å². The van der Waals surface area contributed by atoms with E-state index >= 15 is 0 Å². The van der Waals surface area contributed by atoms with Gasteiger partial charge in [0.2, 0.25) is 5.71 Å². The fourth-order valence-electron chi connectivity index (χ4n) is 5.70. The average molecular weight is 516 g/mol. The highest BCUT2D eigenvalue weighted by Crippen LogP contribution is 2.57. The first-order valence-electron chi connectivity index (χ1n) is 12.9. The van der Waals surface area contributed by atoms with Crippen LogP contribution in [0.1, 0.15) is 59.0 Å². The highest BCUT2D eigenvalue weighted by Gasteiger charge is 2.57. The van der Waals surface area contributed by atoms with Crippen LogP contribution in [0.3, 0.4) is 0 Å². The molecule has 3 aliphatic carbocycles. The van der Waals surface area contributed by atoms with Gasteiger partial charge in [0.1, 0.15) is 17.4 Å². The summed E-state index contributed by atoms with van der Waals surface area (Å²) in [4.78, 5) is 30.8. The molecule has 194 valence electrons. The summed E-state index contributed by atoms with van der Waals surface area (Å²) < 4.78 is 34.4. The van der Waals surface area contributed by atoms with Gasteiger partial charge in [0.05, 0.1) is 22.2 Å². The van der Waals surface area contributed by atoms with Gasteiger partial charge in [-0.05, 0) is 79.6 Å². The van der Waals surface area contributed by atoms with Crippen molar-refractivity contribution in [2.24, 2.45) is 5.92 Å². The maximum Gasteiger partial charge on any atom is 0.255 e. The van der Waals surface area contributed by atoms with Crippen molar-refractivity contribution >= 4 is 22.9 Å². The molecule has 0 unspecified atom stereocenters. The van der Waals surface area contributed by atoms with Crippen LogP contribution in [0.4, 0.5) is 8.78 Å². The predicted octanol–water partition coefficient (Wildman–Crippen LogP) is 6.03. The van der Waals surface area contributed by atoms with Crippen molar-refractivity contribution in [1.82, 2.24) is 15.6 Å². The number of pyridine rings is 1. The minimum atomic E-state index is -0.586. The van der Waals surface area contributed by atoms with Crippen LogP contribution in [0.15, 0.2) is 52.9 Å². The zero-order valence-corrected chi connectivity index (χ0v) is 21.2. The summed E-state index contributed by atoms with van der Waals surface area (Å²) in [5, 5.41) is 6.15. The Kier molecular flexibility index (Phi) is 5.78. The van der Waals surface area contributed by atoms with E-state index in [4.69, 9.17) is 9.40 Å². The number of amides is 2. The second-order valence-corrected chi connectivity index (χ2v) is 10.4. The summed E-state index contributed by atoms with van der Waals surface area (Å²) in [6.07, 6.45) is 4.27. The van der Waals surface area contributed by atoms with E-state index < -0.39 is 17.5 Å². The number of nitrogens with zero attached hydrogens (tertiary/aromatic N) is 1. The number of fused-ring (bicyclic) bond motifs is 1. The monoisotopic (exact) mass is 515 g/mol. The van der Waals surface area contributed by atoms with Gasteiger partial charge in [-0.3, -0.25) is 9.59 Å². The summed E-state index contributed by atoms with van der Waals surface area (Å²) in [6, 6.07) is 12.0. The van der Waals surface area contributed by atoms with E-state index in [2.05, 4.69) is 10.6 Å². The number of aromatic nitrogens is 1. The first-order valence-corrected chi connectivity index (χ1v) is 12.9. The van der Waals surface area contributed by atoms with Gasteiger partial charge in [-0.25, -0.2) is 13.8 Å². The minimum absolute atomic E-state index is 0.0134. The van der Waals surface area contributed by atoms with E-state index in [-0.39, 0.29) is 34.0 Å². The van der Waals surface area contributed by atoms with Crippen molar-refractivity contribution in [1.29, 1.82) is 0 Å². The molecule has 6 nitrogen and oxygen atoms in total. The number of aryl methyl sites for hydroxylation is 1. The lowest BCUT2D eigenvalue weighted by atomic mass is 9.50. The average Bonchev–Trinajstić information content (AvgIpc) is 3.23. The van der Waals surface area contributed by atoms with Crippen molar-refractivity contribution in [3.05, 3.63) is 77.0 Å². The third-order valence-corrected chi connectivity index (χ3v) is 7.75. The second kappa shape index (κ2) is 9.04. The molecular weight excluding hydrogens is 488 g/mol. The number of hydrogen-bond donors (Lipinski definition) is 2. The van der Waals surface area contributed by atoms with Crippen molar-refractivity contribution in [2.75, 3.05) is 7.05 Å². The van der Waals surface area contributed by atoms with Crippen LogP contribution in [0, 0.1) is 17.6 Å². The Hall–Kier alpha value is -4.07. The van der Waals surface area contributed by atoms with Gasteiger partial charge in [0.15, 0.2) is 0 Å². The summed E-state index contributed by atoms with van der Waals surface area (Å²) >= 11 is 0. The van der Waals surface area contributed by atoms with Crippen LogP contribution in [-0.2, 0) is 6.42 Å². The summed E-state index contributed by atoms with van der Waals surface area (Å²) in [6.45, 7) is 2.02. The molecule has 0 radical (unpaired) electrons. The molecule has 3 saturated carbocycles. The van der Waals surface area contributed by atoms with Crippen LogP contribution in [0.25, 0.3) is 33.6 Å². The normalized spacial score (nSPS) is 19.5. The molecule has 0 atom stereocenters. The fraction of sp³-hybridized carbons (Fsp3) is 0.300. The van der Waals surface area contributed by atoms with Gasteiger partial charge in [0.25, 0.3) is 11.8 Å². The number of rotatable bonds is 7. The molecule has 2 bridgehead atoms. The van der Waals surface area contributed by atoms with Gasteiger partial charge in [0, 0.05) is 23.7 Å². The Labute approximate surface area is 218 Å². The van der Waals surface area contributed by atoms with Crippen LogP contribution in [0.5, 0.6) is 0 Å². The molecule has 3 fully saturated rings. The Morgan fingerprint density at radius 1 is 1.03 bits per heavy atom. The maximum atomic E-state index is 14.8. The summed E-state index contributed by atoms with van der Waals surface area (Å²) in [5.74, 6) is -0.813. The molecule has 4 aromatic rings. The summed E-state index contributed by atoms with van der Waals surface area (Å²) in [7, 11) is 1.52. The zero-order valence-electron chi connectivity index (χ0n) is 21.2. The van der Waals surface area contributed by atoms with Gasteiger partial charge in [-0.2, -0.15) is 0 Å². The fourth-order valence-corrected chi connectivity index (χ4v) is 5.70. The third-order valence-electron chi connectivity index (χ3n) is 7.75. The number of hydrogen-bond acceptors (Lipinski definition) is 4. The molecule has 2 aromatic heterocycles. The number of carbonyl (C=O) groups excluding carboxylic acids is 2. The number of furan rings is 1. The Balaban J connectivity index is 1.48. The molecule has 0 aliphatic heterocycles. The van der Waals surface area contributed by atoms with Crippen LogP contribution in [0.2, 0.25) is 0 Å². The maximum absolute atomic E-state index is 14.8. The Bertz CT molecular complexity index is 1580. The van der Waals surface area contributed by atoms with Crippen LogP contribution < -0.4 is 10.6 Å². The van der Waals surface area contributed by atoms with Crippen molar-refractivity contribution in [3.8, 4) is 22.5 Å². The van der Waals surface area contributed by atoms with Crippen LogP contribution in [-0.4, -0.2) is 29.4 Å². The highest BCUT2D eigenvalue weighted by molar-refractivity contribution is 6.11. The van der Waals surface area contributed by atoms with E-state index in [0.29, 0.717) is 40.1 Å². The van der Waals surface area contributed by atoms with E-state index in [0.717, 1.165) is 25.7 Å². The van der Waals surface area contributed by atoms with E-state index in [1.54, 1.807) is 24.3 Å². The Morgan fingerprint density at radius 2 is 1.74 bits per heavy atom. The minimum Gasteiger partial charge on any atom is -0.437 e. The van der Waals surface area contributed by atoms with Crippen molar-refractivity contribution in [2.45, 2.75) is 44.6 Å². The molecule has 0 saturated heterocycles. The molecule has 2 heterocycles. The zero-order chi connectivity index (χ0) is 26.6. The van der Waals surface area contributed by atoms with Gasteiger partial charge in [-0.15, -0.1) is 0 Å². The highest BCUT2D eigenvalue weighted by atomic mass is 19.1. The second-order valence-electron chi connectivity index (χ2n) is 10.4. The topological polar surface area (TPSA) is 84.2 Å². The molecule has 38 heavy (non-hydrogen) atoms. The van der Waals surface area contributed by atoms with Gasteiger partial charge < -0.3 is 15.1 Å². The lowest BCUT2D eigenvalue weighted by Crippen LogP contribution is -2.68. The molecule has 2 aromatic carbocycles. The van der Waals surface area contributed by atoms with Gasteiger partial charge in [-0.1, -0.05) is 19.4 Å². The Morgan fingerprint density at radius 3 is 2.37 bits per heavy atom. The lowest BCUT2D eigenvalue weighted by Gasteiger charge is -2.61. The first-order chi connectivity index (χ1) is 18.3. The molecule has 2 N–H and O–H groups in total. The quantitative estimate of drug-likeness (QED) is 0.315. The number of nitrogens with one attached hydrogen (secondary N) is 2. The molecule has 3 aliphatic rings. The van der Waals surface area contributed by atoms with E-state index in [9.17, 15) is 18.4 Å². The van der Waals surface area contributed by atoms with Gasteiger partial charge >= 0.3 is 0 Å². The molecular formula is C30H27F2N3O3. The van der Waals surface area contributed by atoms with Crippen molar-refractivity contribution < 1.29 is 22.8 Å². The number of benzene rings is 2. The van der Waals surface area contributed by atoms with E-state index in [1.165, 1.54) is 25.2 Å². The SMILES string of the molecule is CCCc1nc2oc(-c3ccc(F)cc3)c(C(=O)NC)c2cc1-c1ccc(F)c(C(=O)NC23CC(C2)C3)c1. The largest absolute Gasteiger partial charge is 0.437 e. The molecule has 0 spiro atoms. The molecule has 8 heteroatoms. The predicted molar refractivity (Wildman–Crippen MR) is 140 cm³/mol. The first kappa shape index (κ1) is 24.3. The summed E-state index contributed by atoms with van der Waals surface area (Å²) in [5.41, 5.74) is 2.92.